The number of aryl methyl sites for hydroxylation is 14. The zero-order valence-corrected chi connectivity index (χ0v) is 66.1. The quantitative estimate of drug-likeness (QED) is 0.115. The van der Waals surface area contributed by atoms with Crippen LogP contribution < -0.4 is 27.4 Å². The first-order valence-electron chi connectivity index (χ1n) is 38.0. The second kappa shape index (κ2) is 37.2. The molecule has 12 aromatic rings. The smallest absolute Gasteiger partial charge is 0.201 e. The van der Waals surface area contributed by atoms with Gasteiger partial charge in [-0.1, -0.05) is 165 Å². The molecule has 102 heavy (non-hydrogen) atoms. The largest absolute Gasteiger partial charge is 0.215 e. The summed E-state index contributed by atoms with van der Waals surface area (Å²) >= 11 is 0. The molecule has 6 aromatic carbocycles. The van der Waals surface area contributed by atoms with Crippen LogP contribution in [0.3, 0.4) is 0 Å². The highest BCUT2D eigenvalue weighted by Gasteiger charge is 2.22. The second-order valence-corrected chi connectivity index (χ2v) is 29.7. The molecule has 528 valence electrons. The van der Waals surface area contributed by atoms with Crippen LogP contribution in [0.2, 0.25) is 0 Å². The van der Waals surface area contributed by atoms with Crippen LogP contribution in [0.25, 0.3) is 67.5 Å². The minimum absolute atomic E-state index is 0.331. The van der Waals surface area contributed by atoms with Gasteiger partial charge in [0.25, 0.3) is 0 Å². The van der Waals surface area contributed by atoms with Crippen molar-refractivity contribution in [1.29, 1.82) is 0 Å². The molecule has 0 amide bonds. The van der Waals surface area contributed by atoms with Crippen LogP contribution in [0.15, 0.2) is 243 Å². The van der Waals surface area contributed by atoms with Gasteiger partial charge in [-0.15, -0.1) is 0 Å². The third-order valence-corrected chi connectivity index (χ3v) is 19.2. The third-order valence-electron chi connectivity index (χ3n) is 19.2. The van der Waals surface area contributed by atoms with Crippen LogP contribution in [0.5, 0.6) is 0 Å². The van der Waals surface area contributed by atoms with Gasteiger partial charge in [-0.3, -0.25) is 0 Å². The van der Waals surface area contributed by atoms with E-state index in [9.17, 15) is 0 Å². The van der Waals surface area contributed by atoms with Crippen molar-refractivity contribution in [3.63, 3.8) is 0 Å². The van der Waals surface area contributed by atoms with Gasteiger partial charge in [-0.2, -0.15) is 0 Å². The summed E-state index contributed by atoms with van der Waals surface area (Å²) in [5, 5.41) is 0. The number of pyridine rings is 6. The molecule has 0 saturated heterocycles. The number of hydrogen-bond donors (Lipinski definition) is 0. The maximum Gasteiger partial charge on any atom is 0.215 e. The Labute approximate surface area is 620 Å². The normalized spacial score (nSPS) is 11.4. The average molecular weight is 1360 g/mol. The summed E-state index contributed by atoms with van der Waals surface area (Å²) in [6, 6.07) is 72.8. The van der Waals surface area contributed by atoms with Crippen molar-refractivity contribution in [2.24, 2.45) is 53.6 Å². The lowest BCUT2D eigenvalue weighted by Gasteiger charge is -2.17. The van der Waals surface area contributed by atoms with Crippen LogP contribution in [0.4, 0.5) is 0 Å². The van der Waals surface area contributed by atoms with E-state index < -0.39 is 6.85 Å². The highest BCUT2D eigenvalue weighted by atomic mass is 14.9. The van der Waals surface area contributed by atoms with E-state index >= 15 is 0 Å². The molecule has 0 radical (unpaired) electrons. The maximum absolute atomic E-state index is 7.64. The van der Waals surface area contributed by atoms with Crippen molar-refractivity contribution in [2.45, 2.75) is 150 Å². The fourth-order valence-corrected chi connectivity index (χ4v) is 13.1. The van der Waals surface area contributed by atoms with E-state index in [2.05, 4.69) is 381 Å². The zero-order chi connectivity index (χ0) is 77.0. The van der Waals surface area contributed by atoms with Gasteiger partial charge in [0.2, 0.25) is 34.2 Å². The van der Waals surface area contributed by atoms with Crippen LogP contribution in [-0.4, -0.2) is 0 Å². The van der Waals surface area contributed by atoms with Crippen molar-refractivity contribution in [3.05, 3.63) is 321 Å². The summed E-state index contributed by atoms with van der Waals surface area (Å²) in [6.07, 6.45) is 16.1. The second-order valence-electron chi connectivity index (χ2n) is 29.7. The lowest BCUT2D eigenvalue weighted by Crippen LogP contribution is -2.33. The highest BCUT2D eigenvalue weighted by Crippen LogP contribution is 2.29. The molecule has 0 bridgehead atoms. The van der Waals surface area contributed by atoms with Crippen molar-refractivity contribution in [3.8, 4) is 67.5 Å². The van der Waals surface area contributed by atoms with Crippen LogP contribution in [-0.2, 0) is 61.5 Å². The Kier molecular flexibility index (Phi) is 27.3. The SMILES string of the molecule is CC(C)c1ccc(-c2ccccc2)[n+](C)c1.CCc1ccc(-c2ccccc2C)[n+](C)c1.Cc1ccccc1-c1c(C)c(C)cc[n+]1C.Cc1ccccc1-c1ccc(CC(C)(C)C)c[n+]1C.Cc1ccccc1-c1ccc(CC(C)C)c[n+]1C.[2H]C([2H])([2H])c1c[n+](C)c(-c2ccccc2C)c(C)c1C. The molecule has 0 unspecified atom stereocenters. The van der Waals surface area contributed by atoms with Crippen molar-refractivity contribution >= 4 is 0 Å². The molecule has 6 heteroatoms. The summed E-state index contributed by atoms with van der Waals surface area (Å²) < 4.78 is 35.9. The van der Waals surface area contributed by atoms with Gasteiger partial charge in [0.1, 0.15) is 42.3 Å². The van der Waals surface area contributed by atoms with E-state index in [1.165, 1.54) is 117 Å². The fraction of sp³-hybridized carbons (Fsp3) is 0.312. The minimum Gasteiger partial charge on any atom is -0.201 e. The zero-order valence-electron chi connectivity index (χ0n) is 69.1. The predicted molar refractivity (Wildman–Crippen MR) is 431 cm³/mol. The Morgan fingerprint density at radius 3 is 1.12 bits per heavy atom. The molecule has 0 aliphatic rings. The van der Waals surface area contributed by atoms with Gasteiger partial charge < -0.3 is 0 Å². The highest BCUT2D eigenvalue weighted by molar-refractivity contribution is 5.67. The molecule has 0 saturated carbocycles. The molecule has 6 aromatic heterocycles. The molecular formula is C96H120N6+6. The van der Waals surface area contributed by atoms with E-state index in [1.54, 1.807) is 6.20 Å². The molecule has 0 N–H and O–H groups in total. The number of benzene rings is 6. The summed E-state index contributed by atoms with van der Waals surface area (Å²) in [6.45, 7) is 34.9. The van der Waals surface area contributed by atoms with Gasteiger partial charge in [0, 0.05) is 107 Å². The lowest BCUT2D eigenvalue weighted by atomic mass is 9.88. The van der Waals surface area contributed by atoms with Crippen molar-refractivity contribution < 1.29 is 31.5 Å². The van der Waals surface area contributed by atoms with E-state index in [0.717, 1.165) is 41.6 Å². The number of rotatable bonds is 11. The summed E-state index contributed by atoms with van der Waals surface area (Å²) in [5.74, 6) is 1.28. The number of nitrogens with zero attached hydrogens (tertiary/aromatic N) is 6. The molecule has 12 rings (SSSR count). The van der Waals surface area contributed by atoms with Crippen LogP contribution in [0.1, 0.15) is 143 Å². The van der Waals surface area contributed by atoms with Crippen molar-refractivity contribution in [2.75, 3.05) is 0 Å². The predicted octanol–water partition coefficient (Wildman–Crippen LogP) is 20.6. The standard InChI is InChI=1S/C18H24N.C17H22N.C16H20N.3C15H18N/c1-14-8-6-7-9-16(14)17-11-10-15(13-19(17)5)12-18(2,3)4;1-13(2)11-15-9-10-17(18(4)12-15)16-8-6-5-7-14(16)3;1-11-8-6-7-9-15(11)16-14(4)13(3)12(2)10-17(16)5;1-11-9-10-16(4)15(13(11)3)14-8-6-5-7-12(14)2;1-12(2)14-9-10-15(16(3)11-14)13-7-5-4-6-8-13;1-4-13-9-10-15(16(3)11-13)14-8-6-5-7-12(14)2/h6-11,13H,12H2,1-5H3;5-10,12-13H,11H2,1-4H3;6-10H,1-5H3;5-10H,1-4H3;4-12H,1-3H3;5-11H,4H2,1-3H3/q6*+1/i;;2D3;;;. The first-order valence-corrected chi connectivity index (χ1v) is 36.5. The van der Waals surface area contributed by atoms with Gasteiger partial charge in [-0.25, -0.2) is 27.4 Å². The Balaban J connectivity index is 0.000000176. The Morgan fingerprint density at radius 2 is 0.716 bits per heavy atom. The summed E-state index contributed by atoms with van der Waals surface area (Å²) in [4.78, 5) is 0. The first kappa shape index (κ1) is 74.9. The fourth-order valence-electron chi connectivity index (χ4n) is 13.1. The van der Waals surface area contributed by atoms with Crippen molar-refractivity contribution in [1.82, 2.24) is 0 Å². The third kappa shape index (κ3) is 21.9. The molecular weight excluding hydrogens is 1240 g/mol. The van der Waals surface area contributed by atoms with E-state index in [4.69, 9.17) is 4.11 Å². The van der Waals surface area contributed by atoms with Crippen LogP contribution >= 0.6 is 0 Å². The number of hydrogen-bond acceptors (Lipinski definition) is 0. The van der Waals surface area contributed by atoms with E-state index in [-0.39, 0.29) is 0 Å². The minimum atomic E-state index is -2.07. The summed E-state index contributed by atoms with van der Waals surface area (Å²) in [7, 11) is 12.5. The van der Waals surface area contributed by atoms with Gasteiger partial charge in [0.15, 0.2) is 37.2 Å². The lowest BCUT2D eigenvalue weighted by molar-refractivity contribution is -0.661. The topological polar surface area (TPSA) is 23.3 Å². The molecule has 0 aliphatic carbocycles. The molecule has 6 heterocycles. The Morgan fingerprint density at radius 1 is 0.333 bits per heavy atom. The van der Waals surface area contributed by atoms with Gasteiger partial charge >= 0.3 is 0 Å². The molecule has 0 spiro atoms. The molecule has 0 fully saturated rings. The van der Waals surface area contributed by atoms with E-state index in [0.29, 0.717) is 22.8 Å². The maximum atomic E-state index is 7.64. The Hall–Kier alpha value is -9.78. The average Bonchev–Trinajstić information content (AvgIpc) is 0.775. The van der Waals surface area contributed by atoms with Crippen LogP contribution in [0, 0.1) is 80.5 Å². The molecule has 0 aliphatic heterocycles. The first-order chi connectivity index (χ1) is 49.7. The number of aromatic nitrogens is 6. The molecule has 0 atom stereocenters. The monoisotopic (exact) mass is 1360 g/mol. The Bertz CT molecular complexity index is 4860. The van der Waals surface area contributed by atoms with Gasteiger partial charge in [0.05, 0.1) is 0 Å². The molecule has 6 nitrogen and oxygen atoms in total. The van der Waals surface area contributed by atoms with Gasteiger partial charge in [-0.05, 0) is 211 Å². The van der Waals surface area contributed by atoms with E-state index in [1.807, 2.05) is 43.7 Å². The summed E-state index contributed by atoms with van der Waals surface area (Å²) in [5.41, 5.74) is 32.5.